The molecular weight excluding hydrogens is 538 g/mol. The highest BCUT2D eigenvalue weighted by atomic mass is 19.2. The first-order valence-electron chi connectivity index (χ1n) is 14.7. The van der Waals surface area contributed by atoms with Crippen molar-refractivity contribution in [2.24, 2.45) is 5.41 Å². The summed E-state index contributed by atoms with van der Waals surface area (Å²) in [5, 5.41) is 13.0. The molecule has 1 saturated heterocycles. The van der Waals surface area contributed by atoms with Crippen molar-refractivity contribution in [1.82, 2.24) is 14.1 Å². The molecule has 2 aromatic heterocycles. The molecule has 1 spiro atoms. The SMILES string of the molecule is O=C1c2c(O)c(=O)ccn2N(C2c3ccccc3-n3cccc3-c3c2ccc(F)c3F)C2CC3(CCCCC3)CCN12. The third kappa shape index (κ3) is 3.42. The minimum atomic E-state index is -0.942. The Labute approximate surface area is 241 Å². The second-order valence-electron chi connectivity index (χ2n) is 12.1. The summed E-state index contributed by atoms with van der Waals surface area (Å²) < 4.78 is 34.3. The summed E-state index contributed by atoms with van der Waals surface area (Å²) in [6.45, 7) is 0.488. The number of aromatic nitrogens is 2. The second-order valence-corrected chi connectivity index (χ2v) is 12.1. The second kappa shape index (κ2) is 9.05. The smallest absolute Gasteiger partial charge is 0.278 e. The number of pyridine rings is 1. The molecule has 2 aromatic carbocycles. The van der Waals surface area contributed by atoms with Gasteiger partial charge < -0.3 is 14.6 Å². The molecule has 4 aromatic rings. The van der Waals surface area contributed by atoms with Crippen LogP contribution in [0.2, 0.25) is 0 Å². The van der Waals surface area contributed by atoms with Gasteiger partial charge >= 0.3 is 0 Å². The van der Waals surface area contributed by atoms with Crippen LogP contribution in [-0.4, -0.2) is 37.9 Å². The fourth-order valence-corrected chi connectivity index (χ4v) is 8.06. The van der Waals surface area contributed by atoms with Crippen molar-refractivity contribution in [3.8, 4) is 22.7 Å². The third-order valence-electron chi connectivity index (χ3n) is 10.0. The molecule has 9 heteroatoms. The highest BCUT2D eigenvalue weighted by Gasteiger charge is 2.51. The van der Waals surface area contributed by atoms with Crippen molar-refractivity contribution in [1.29, 1.82) is 0 Å². The zero-order valence-electron chi connectivity index (χ0n) is 23.0. The number of piperidine rings is 1. The van der Waals surface area contributed by atoms with Gasteiger partial charge in [0.2, 0.25) is 5.43 Å². The van der Waals surface area contributed by atoms with E-state index in [1.165, 1.54) is 18.7 Å². The van der Waals surface area contributed by atoms with E-state index in [9.17, 15) is 19.1 Å². The van der Waals surface area contributed by atoms with Gasteiger partial charge in [-0.1, -0.05) is 43.5 Å². The first-order valence-corrected chi connectivity index (χ1v) is 14.7. The van der Waals surface area contributed by atoms with Crippen molar-refractivity contribution in [3.63, 3.8) is 0 Å². The van der Waals surface area contributed by atoms with E-state index in [0.717, 1.165) is 49.4 Å². The molecule has 3 aliphatic heterocycles. The number of halogens is 2. The average molecular weight is 569 g/mol. The van der Waals surface area contributed by atoms with Crippen LogP contribution in [0.15, 0.2) is 71.8 Å². The summed E-state index contributed by atoms with van der Waals surface area (Å²) in [6.07, 6.45) is 10.1. The standard InChI is InChI=1S/C33H30F2N4O3/c34-22-11-10-21-27(28(22)35)24-9-6-16-36(24)23-8-3-2-7-20(23)29(21)39-26-19-33(13-4-1-5-14-33)15-18-37(26)32(42)30-31(41)25(40)12-17-38(30)39/h2-3,6-12,16-17,26,29,41H,1,4-5,13-15,18-19H2. The summed E-state index contributed by atoms with van der Waals surface area (Å²) in [7, 11) is 0. The van der Waals surface area contributed by atoms with Crippen molar-refractivity contribution in [2.45, 2.75) is 57.2 Å². The molecule has 1 N–H and O–H groups in total. The Morgan fingerprint density at radius 1 is 0.857 bits per heavy atom. The van der Waals surface area contributed by atoms with E-state index >= 15 is 4.39 Å². The summed E-state index contributed by atoms with van der Waals surface area (Å²) in [6, 6.07) is 14.7. The largest absolute Gasteiger partial charge is 0.502 e. The van der Waals surface area contributed by atoms with Crippen LogP contribution < -0.4 is 10.4 Å². The lowest BCUT2D eigenvalue weighted by molar-refractivity contribution is 0.00218. The van der Waals surface area contributed by atoms with Gasteiger partial charge in [0, 0.05) is 36.1 Å². The van der Waals surface area contributed by atoms with Crippen LogP contribution in [0.3, 0.4) is 0 Å². The number of fused-ring (bicyclic) bond motifs is 7. The van der Waals surface area contributed by atoms with Gasteiger partial charge in [0.25, 0.3) is 5.91 Å². The van der Waals surface area contributed by atoms with E-state index in [1.54, 1.807) is 21.7 Å². The predicted octanol–water partition coefficient (Wildman–Crippen LogP) is 5.86. The molecule has 5 heterocycles. The van der Waals surface area contributed by atoms with Crippen LogP contribution in [-0.2, 0) is 0 Å². The maximum absolute atomic E-state index is 15.9. The topological polar surface area (TPSA) is 70.7 Å². The predicted molar refractivity (Wildman–Crippen MR) is 153 cm³/mol. The van der Waals surface area contributed by atoms with Gasteiger partial charge in [-0.25, -0.2) is 8.78 Å². The van der Waals surface area contributed by atoms with E-state index in [1.807, 2.05) is 46.1 Å². The minimum absolute atomic E-state index is 0.0585. The Kier molecular flexibility index (Phi) is 5.45. The summed E-state index contributed by atoms with van der Waals surface area (Å²) >= 11 is 0. The monoisotopic (exact) mass is 568 g/mol. The lowest BCUT2D eigenvalue weighted by atomic mass is 9.67. The quantitative estimate of drug-likeness (QED) is 0.313. The maximum Gasteiger partial charge on any atom is 0.278 e. The van der Waals surface area contributed by atoms with E-state index < -0.39 is 40.9 Å². The molecule has 4 aliphatic rings. The van der Waals surface area contributed by atoms with Crippen LogP contribution in [0.1, 0.15) is 72.6 Å². The molecule has 214 valence electrons. The minimum Gasteiger partial charge on any atom is -0.502 e. The molecule has 2 fully saturated rings. The first kappa shape index (κ1) is 25.3. The fourth-order valence-electron chi connectivity index (χ4n) is 8.06. The number of rotatable bonds is 1. The van der Waals surface area contributed by atoms with E-state index in [-0.39, 0.29) is 16.7 Å². The lowest BCUT2D eigenvalue weighted by Crippen LogP contribution is -2.66. The number of hydrogen-bond donors (Lipinski definition) is 1. The van der Waals surface area contributed by atoms with Crippen LogP contribution in [0.25, 0.3) is 16.9 Å². The molecule has 2 atom stereocenters. The molecule has 2 unspecified atom stereocenters. The summed E-state index contributed by atoms with van der Waals surface area (Å²) in [5.41, 5.74) is 2.17. The van der Waals surface area contributed by atoms with Crippen LogP contribution in [0.4, 0.5) is 8.78 Å². The molecule has 0 radical (unpaired) electrons. The highest BCUT2D eigenvalue weighted by Crippen LogP contribution is 2.51. The van der Waals surface area contributed by atoms with Crippen molar-refractivity contribution >= 4 is 5.91 Å². The number of aromatic hydroxyl groups is 1. The Morgan fingerprint density at radius 2 is 1.67 bits per heavy atom. The number of amides is 1. The van der Waals surface area contributed by atoms with Crippen LogP contribution in [0, 0.1) is 17.0 Å². The number of nitrogens with zero attached hydrogens (tertiary/aromatic N) is 4. The maximum atomic E-state index is 15.9. The molecule has 1 amide bonds. The Bertz CT molecular complexity index is 1820. The number of hydrogen-bond acceptors (Lipinski definition) is 4. The molecule has 8 rings (SSSR count). The van der Waals surface area contributed by atoms with Gasteiger partial charge in [0.05, 0.1) is 11.4 Å². The van der Waals surface area contributed by atoms with E-state index in [2.05, 4.69) is 0 Å². The van der Waals surface area contributed by atoms with Gasteiger partial charge in [-0.15, -0.1) is 0 Å². The molecular formula is C33H30F2N4O3. The average Bonchev–Trinajstić information content (AvgIpc) is 3.44. The van der Waals surface area contributed by atoms with Crippen molar-refractivity contribution in [3.05, 3.63) is 106 Å². The number of carbonyl (C=O) groups is 1. The molecule has 1 aliphatic carbocycles. The first-order chi connectivity index (χ1) is 20.4. The van der Waals surface area contributed by atoms with Crippen molar-refractivity contribution in [2.75, 3.05) is 11.6 Å². The Balaban J connectivity index is 1.44. The van der Waals surface area contributed by atoms with Gasteiger partial charge in [-0.3, -0.25) is 19.3 Å². The van der Waals surface area contributed by atoms with Crippen molar-refractivity contribution < 1.29 is 18.7 Å². The molecule has 7 nitrogen and oxygen atoms in total. The number of para-hydroxylation sites is 1. The van der Waals surface area contributed by atoms with Crippen LogP contribution >= 0.6 is 0 Å². The normalized spacial score (nSPS) is 22.1. The lowest BCUT2D eigenvalue weighted by Gasteiger charge is -2.56. The van der Waals surface area contributed by atoms with Gasteiger partial charge in [-0.2, -0.15) is 0 Å². The summed E-state index contributed by atoms with van der Waals surface area (Å²) in [4.78, 5) is 28.4. The number of benzene rings is 2. The number of carbonyl (C=O) groups excluding carboxylic acids is 1. The Hall–Kier alpha value is -4.40. The van der Waals surface area contributed by atoms with Gasteiger partial charge in [-0.05, 0) is 60.9 Å². The summed E-state index contributed by atoms with van der Waals surface area (Å²) in [5.74, 6) is -2.88. The molecule has 0 bridgehead atoms. The van der Waals surface area contributed by atoms with Gasteiger partial charge in [0.1, 0.15) is 12.2 Å². The zero-order chi connectivity index (χ0) is 28.7. The highest BCUT2D eigenvalue weighted by molar-refractivity contribution is 5.96. The van der Waals surface area contributed by atoms with E-state index in [0.29, 0.717) is 24.2 Å². The molecule has 1 saturated carbocycles. The molecule has 42 heavy (non-hydrogen) atoms. The fraction of sp³-hybridized carbons (Fsp3) is 0.333. The zero-order valence-corrected chi connectivity index (χ0v) is 23.0. The Morgan fingerprint density at radius 3 is 2.50 bits per heavy atom. The third-order valence-corrected chi connectivity index (χ3v) is 10.0. The van der Waals surface area contributed by atoms with Crippen LogP contribution in [0.5, 0.6) is 5.75 Å². The van der Waals surface area contributed by atoms with E-state index in [4.69, 9.17) is 0 Å². The van der Waals surface area contributed by atoms with Gasteiger partial charge in [0.15, 0.2) is 23.1 Å².